The van der Waals surface area contributed by atoms with Crippen molar-refractivity contribution in [1.82, 2.24) is 10.2 Å². The summed E-state index contributed by atoms with van der Waals surface area (Å²) in [5, 5.41) is 3.28. The van der Waals surface area contributed by atoms with Crippen molar-refractivity contribution in [3.63, 3.8) is 0 Å². The molecule has 0 spiro atoms. The van der Waals surface area contributed by atoms with Gasteiger partial charge < -0.3 is 10.2 Å². The van der Waals surface area contributed by atoms with Crippen LogP contribution in [0.2, 0.25) is 10.0 Å². The first-order chi connectivity index (χ1) is 15.6. The van der Waals surface area contributed by atoms with Crippen molar-refractivity contribution in [3.05, 3.63) is 63.6 Å². The largest absolute Gasteiger partial charge is 0.350 e. The van der Waals surface area contributed by atoms with E-state index >= 15 is 0 Å². The van der Waals surface area contributed by atoms with Gasteiger partial charge in [0.1, 0.15) is 12.6 Å². The quantitative estimate of drug-likeness (QED) is 0.551. The summed E-state index contributed by atoms with van der Waals surface area (Å²) in [5.74, 6) is -0.904. The maximum atomic E-state index is 13.5. The second-order valence-corrected chi connectivity index (χ2v) is 12.0. The highest BCUT2D eigenvalue weighted by molar-refractivity contribution is 7.92. The number of amides is 2. The average Bonchev–Trinajstić information content (AvgIpc) is 2.70. The van der Waals surface area contributed by atoms with E-state index in [0.29, 0.717) is 0 Å². The van der Waals surface area contributed by atoms with Crippen LogP contribution >= 0.6 is 23.2 Å². The smallest absolute Gasteiger partial charge is 0.244 e. The number of hydrogen-bond donors (Lipinski definition) is 1. The van der Waals surface area contributed by atoms with Gasteiger partial charge in [-0.2, -0.15) is 0 Å². The van der Waals surface area contributed by atoms with Crippen LogP contribution in [0.4, 0.5) is 5.69 Å². The predicted octanol–water partition coefficient (Wildman–Crippen LogP) is 4.40. The van der Waals surface area contributed by atoms with Crippen molar-refractivity contribution in [2.45, 2.75) is 52.7 Å². The molecule has 0 aliphatic heterocycles. The molecular weight excluding hydrogens is 497 g/mol. The molecule has 1 N–H and O–H groups in total. The van der Waals surface area contributed by atoms with E-state index in [1.54, 1.807) is 6.92 Å². The van der Waals surface area contributed by atoms with Gasteiger partial charge in [-0.1, -0.05) is 53.0 Å². The Morgan fingerprint density at radius 2 is 1.65 bits per heavy atom. The topological polar surface area (TPSA) is 86.8 Å². The van der Waals surface area contributed by atoms with Crippen molar-refractivity contribution >= 4 is 50.7 Å². The number of benzene rings is 2. The third-order valence-electron chi connectivity index (χ3n) is 5.00. The predicted molar refractivity (Wildman–Crippen MR) is 138 cm³/mol. The van der Waals surface area contributed by atoms with Gasteiger partial charge in [-0.3, -0.25) is 13.9 Å². The molecule has 0 aliphatic rings. The van der Waals surface area contributed by atoms with E-state index in [1.165, 1.54) is 23.1 Å². The van der Waals surface area contributed by atoms with E-state index in [4.69, 9.17) is 23.2 Å². The van der Waals surface area contributed by atoms with Gasteiger partial charge in [-0.05, 0) is 58.4 Å². The van der Waals surface area contributed by atoms with Crippen LogP contribution in [0.5, 0.6) is 0 Å². The minimum atomic E-state index is -3.90. The summed E-state index contributed by atoms with van der Waals surface area (Å²) >= 11 is 12.3. The number of nitrogens with one attached hydrogen (secondary N) is 1. The van der Waals surface area contributed by atoms with E-state index in [-0.39, 0.29) is 28.2 Å². The zero-order chi connectivity index (χ0) is 25.8. The lowest BCUT2D eigenvalue weighted by molar-refractivity contribution is -0.140. The van der Waals surface area contributed by atoms with E-state index in [2.05, 4.69) is 5.32 Å². The van der Waals surface area contributed by atoms with Crippen molar-refractivity contribution < 1.29 is 18.0 Å². The maximum absolute atomic E-state index is 13.5. The van der Waals surface area contributed by atoms with Crippen LogP contribution in [-0.2, 0) is 26.2 Å². The summed E-state index contributed by atoms with van der Waals surface area (Å²) in [6.45, 7) is 8.68. The average molecular weight is 529 g/mol. The lowest BCUT2D eigenvalue weighted by atomic mass is 10.1. The molecule has 2 rings (SSSR count). The molecule has 1 unspecified atom stereocenters. The highest BCUT2D eigenvalue weighted by Crippen LogP contribution is 2.31. The summed E-state index contributed by atoms with van der Waals surface area (Å²) in [4.78, 5) is 27.8. The molecule has 0 radical (unpaired) electrons. The molecule has 7 nitrogen and oxygen atoms in total. The molecule has 0 fully saturated rings. The van der Waals surface area contributed by atoms with Crippen molar-refractivity contribution in [3.8, 4) is 0 Å². The fraction of sp³-hybridized carbons (Fsp3) is 0.417. The SMILES string of the molecule is Cc1ccc(CN(C(=O)CN(c2cc(Cl)ccc2Cl)S(C)(=O)=O)C(C)C(=O)NC(C)(C)C)cc1. The number of carbonyl (C=O) groups is 2. The summed E-state index contributed by atoms with van der Waals surface area (Å²) in [6, 6.07) is 11.1. The molecule has 0 saturated carbocycles. The number of carbonyl (C=O) groups excluding carboxylic acids is 2. The number of halogens is 2. The molecule has 0 aromatic heterocycles. The molecule has 2 aromatic carbocycles. The van der Waals surface area contributed by atoms with Gasteiger partial charge in [0.15, 0.2) is 0 Å². The number of anilines is 1. The Morgan fingerprint density at radius 3 is 2.18 bits per heavy atom. The van der Waals surface area contributed by atoms with Crippen LogP contribution in [0.15, 0.2) is 42.5 Å². The van der Waals surface area contributed by atoms with E-state index in [1.807, 2.05) is 52.0 Å². The lowest BCUT2D eigenvalue weighted by Gasteiger charge is -2.33. The Bertz CT molecular complexity index is 1150. The molecule has 0 saturated heterocycles. The van der Waals surface area contributed by atoms with Gasteiger partial charge in [0.25, 0.3) is 0 Å². The summed E-state index contributed by atoms with van der Waals surface area (Å²) in [6.07, 6.45) is 0.984. The normalized spacial score (nSPS) is 12.7. The molecule has 186 valence electrons. The Morgan fingerprint density at radius 1 is 1.06 bits per heavy atom. The molecule has 0 heterocycles. The van der Waals surface area contributed by atoms with Crippen molar-refractivity contribution in [1.29, 1.82) is 0 Å². The third kappa shape index (κ3) is 7.89. The molecule has 0 bridgehead atoms. The molecule has 2 aromatic rings. The van der Waals surface area contributed by atoms with Gasteiger partial charge in [0.2, 0.25) is 21.8 Å². The molecule has 0 aliphatic carbocycles. The zero-order valence-electron chi connectivity index (χ0n) is 20.2. The number of nitrogens with zero attached hydrogens (tertiary/aromatic N) is 2. The van der Waals surface area contributed by atoms with Crippen LogP contribution < -0.4 is 9.62 Å². The van der Waals surface area contributed by atoms with Crippen molar-refractivity contribution in [2.75, 3.05) is 17.1 Å². The Labute approximate surface area is 212 Å². The van der Waals surface area contributed by atoms with Gasteiger partial charge in [-0.25, -0.2) is 8.42 Å². The van der Waals surface area contributed by atoms with E-state index in [0.717, 1.165) is 21.7 Å². The minimum absolute atomic E-state index is 0.0899. The van der Waals surface area contributed by atoms with Crippen LogP contribution in [0.25, 0.3) is 0 Å². The fourth-order valence-corrected chi connectivity index (χ4v) is 4.51. The zero-order valence-corrected chi connectivity index (χ0v) is 22.6. The fourth-order valence-electron chi connectivity index (χ4n) is 3.22. The Balaban J connectivity index is 2.44. The number of sulfonamides is 1. The summed E-state index contributed by atoms with van der Waals surface area (Å²) in [7, 11) is -3.90. The lowest BCUT2D eigenvalue weighted by Crippen LogP contribution is -2.54. The first-order valence-corrected chi connectivity index (χ1v) is 13.3. The number of rotatable bonds is 8. The van der Waals surface area contributed by atoms with Gasteiger partial charge in [0.05, 0.1) is 17.0 Å². The van der Waals surface area contributed by atoms with Crippen LogP contribution in [-0.4, -0.2) is 49.5 Å². The molecule has 2 amide bonds. The molecule has 1 atom stereocenters. The molecular formula is C24H31Cl2N3O4S. The van der Waals surface area contributed by atoms with E-state index < -0.39 is 34.1 Å². The van der Waals surface area contributed by atoms with E-state index in [9.17, 15) is 18.0 Å². The van der Waals surface area contributed by atoms with Gasteiger partial charge in [-0.15, -0.1) is 0 Å². The molecule has 10 heteroatoms. The standard InChI is InChI=1S/C24H31Cl2N3O4S/c1-16-7-9-18(10-8-16)14-28(17(2)23(31)27-24(3,4)5)22(30)15-29(34(6,32)33)21-13-19(25)11-12-20(21)26/h7-13,17H,14-15H2,1-6H3,(H,27,31). The van der Waals surface area contributed by atoms with Crippen LogP contribution in [0.3, 0.4) is 0 Å². The number of aryl methyl sites for hydroxylation is 1. The summed E-state index contributed by atoms with van der Waals surface area (Å²) in [5.41, 5.74) is 1.45. The van der Waals surface area contributed by atoms with Crippen LogP contribution in [0.1, 0.15) is 38.8 Å². The Kier molecular flexibility index (Phi) is 9.02. The Hall–Kier alpha value is -2.29. The highest BCUT2D eigenvalue weighted by Gasteiger charge is 2.32. The van der Waals surface area contributed by atoms with Crippen molar-refractivity contribution in [2.24, 2.45) is 0 Å². The van der Waals surface area contributed by atoms with Gasteiger partial charge in [0, 0.05) is 17.1 Å². The minimum Gasteiger partial charge on any atom is -0.350 e. The highest BCUT2D eigenvalue weighted by atomic mass is 35.5. The van der Waals surface area contributed by atoms with Crippen LogP contribution in [0, 0.1) is 6.92 Å². The third-order valence-corrected chi connectivity index (χ3v) is 6.68. The maximum Gasteiger partial charge on any atom is 0.244 e. The summed E-state index contributed by atoms with van der Waals surface area (Å²) < 4.78 is 26.1. The molecule has 34 heavy (non-hydrogen) atoms. The monoisotopic (exact) mass is 527 g/mol. The number of hydrogen-bond acceptors (Lipinski definition) is 4. The first-order valence-electron chi connectivity index (χ1n) is 10.7. The van der Waals surface area contributed by atoms with Gasteiger partial charge >= 0.3 is 0 Å². The second-order valence-electron chi connectivity index (χ2n) is 9.29. The first kappa shape index (κ1) is 28.0. The second kappa shape index (κ2) is 11.0.